The molecule has 3 rings (SSSR count). The first-order valence-electron chi connectivity index (χ1n) is 12.0. The molecule has 0 saturated carbocycles. The Morgan fingerprint density at radius 1 is 1.16 bits per heavy atom. The van der Waals surface area contributed by atoms with Crippen LogP contribution in [0.5, 0.6) is 0 Å². The molecule has 7 nitrogen and oxygen atoms in total. The van der Waals surface area contributed by atoms with Gasteiger partial charge in [-0.1, -0.05) is 48.4 Å². The molecule has 0 aliphatic carbocycles. The fourth-order valence-corrected chi connectivity index (χ4v) is 4.05. The Morgan fingerprint density at radius 2 is 1.88 bits per heavy atom. The van der Waals surface area contributed by atoms with Crippen molar-refractivity contribution in [3.63, 3.8) is 0 Å². The molecule has 0 amide bonds. The molecule has 0 spiro atoms. The van der Waals surface area contributed by atoms with Gasteiger partial charge in [0.25, 0.3) is 0 Å². The highest BCUT2D eigenvalue weighted by Crippen LogP contribution is 2.24. The maximum absolute atomic E-state index is 12.0. The maximum atomic E-state index is 12.0. The van der Waals surface area contributed by atoms with Gasteiger partial charge in [0.05, 0.1) is 17.7 Å². The summed E-state index contributed by atoms with van der Waals surface area (Å²) in [4.78, 5) is 17.6. The summed E-state index contributed by atoms with van der Waals surface area (Å²) in [5, 5.41) is 10.4. The van der Waals surface area contributed by atoms with Crippen LogP contribution in [0.25, 0.3) is 0 Å². The Bertz CT molecular complexity index is 822. The fraction of sp³-hybridized carbons (Fsp3) is 0.640. The number of carbonyl (C=O) groups is 1. The van der Waals surface area contributed by atoms with Gasteiger partial charge in [-0.25, -0.2) is 9.48 Å². The summed E-state index contributed by atoms with van der Waals surface area (Å²) in [7, 11) is 0. The van der Waals surface area contributed by atoms with E-state index in [2.05, 4.69) is 28.6 Å². The average molecular weight is 442 g/mol. The molecule has 2 N–H and O–H groups in total. The third-order valence-electron chi connectivity index (χ3n) is 6.17. The molecule has 1 aromatic heterocycles. The first-order chi connectivity index (χ1) is 15.3. The molecule has 176 valence electrons. The Labute approximate surface area is 192 Å². The normalized spacial score (nSPS) is 16.8. The molecule has 32 heavy (non-hydrogen) atoms. The zero-order valence-electron chi connectivity index (χ0n) is 19.9. The summed E-state index contributed by atoms with van der Waals surface area (Å²) >= 11 is 0. The Morgan fingerprint density at radius 3 is 2.56 bits per heavy atom. The van der Waals surface area contributed by atoms with Crippen molar-refractivity contribution in [1.82, 2.24) is 20.1 Å². The number of aromatic nitrogens is 3. The molecule has 2 heterocycles. The first kappa shape index (κ1) is 24.4. The molecule has 1 unspecified atom stereocenters. The summed E-state index contributed by atoms with van der Waals surface area (Å²) in [6.45, 7) is 7.95. The predicted molar refractivity (Wildman–Crippen MR) is 126 cm³/mol. The fourth-order valence-electron chi connectivity index (χ4n) is 4.05. The van der Waals surface area contributed by atoms with Crippen molar-refractivity contribution in [2.75, 3.05) is 13.1 Å². The third kappa shape index (κ3) is 7.71. The van der Waals surface area contributed by atoms with Gasteiger partial charge in [0.2, 0.25) is 0 Å². The van der Waals surface area contributed by atoms with Gasteiger partial charge in [0.1, 0.15) is 0 Å². The number of hydrogen-bond acceptors (Lipinski definition) is 6. The van der Waals surface area contributed by atoms with E-state index < -0.39 is 5.41 Å². The van der Waals surface area contributed by atoms with Gasteiger partial charge < -0.3 is 10.6 Å². The van der Waals surface area contributed by atoms with Gasteiger partial charge in [-0.3, -0.25) is 0 Å². The van der Waals surface area contributed by atoms with Crippen LogP contribution in [0.1, 0.15) is 70.6 Å². The van der Waals surface area contributed by atoms with E-state index in [0.29, 0.717) is 5.92 Å². The van der Waals surface area contributed by atoms with Crippen molar-refractivity contribution in [3.8, 4) is 0 Å². The van der Waals surface area contributed by atoms with Crippen LogP contribution in [0.2, 0.25) is 0 Å². The maximum Gasteiger partial charge on any atom is 0.330 e. The van der Waals surface area contributed by atoms with Crippen LogP contribution in [0.3, 0.4) is 0 Å². The van der Waals surface area contributed by atoms with Crippen molar-refractivity contribution in [2.24, 2.45) is 17.1 Å². The first-order valence-corrected chi connectivity index (χ1v) is 12.0. The van der Waals surface area contributed by atoms with Crippen LogP contribution >= 0.6 is 0 Å². The molecular weight excluding hydrogens is 402 g/mol. The number of carbonyl (C=O) groups excluding carboxylic acids is 1. The minimum atomic E-state index is -0.469. The van der Waals surface area contributed by atoms with Crippen LogP contribution in [-0.4, -0.2) is 45.2 Å². The number of hydrogen-bond donors (Lipinski definition) is 1. The SMILES string of the molecule is CC(C)(C)C(=O)ON1CCC(C(N)CCCCCc2cn(Cc3ccccc3)nn2)CC1. The summed E-state index contributed by atoms with van der Waals surface area (Å²) in [5.74, 6) is 0.345. The van der Waals surface area contributed by atoms with Gasteiger partial charge >= 0.3 is 5.97 Å². The molecular formula is C25H39N5O2. The Hall–Kier alpha value is -2.25. The molecule has 0 radical (unpaired) electrons. The lowest BCUT2D eigenvalue weighted by Crippen LogP contribution is -2.43. The second-order valence-corrected chi connectivity index (χ2v) is 10.1. The number of nitrogens with zero attached hydrogens (tertiary/aromatic N) is 4. The minimum absolute atomic E-state index is 0.166. The van der Waals surface area contributed by atoms with E-state index in [1.54, 1.807) is 0 Å². The second kappa shape index (κ2) is 11.6. The smallest absolute Gasteiger partial charge is 0.330 e. The largest absolute Gasteiger partial charge is 0.367 e. The molecule has 7 heteroatoms. The lowest BCUT2D eigenvalue weighted by Gasteiger charge is -2.34. The number of rotatable bonds is 10. The Balaban J connectivity index is 1.27. The van der Waals surface area contributed by atoms with Crippen molar-refractivity contribution in [3.05, 3.63) is 47.8 Å². The molecule has 0 bridgehead atoms. The van der Waals surface area contributed by atoms with Gasteiger partial charge in [0.15, 0.2) is 0 Å². The standard InChI is InChI=1S/C25H39N5O2/c1-25(2,3)24(31)32-30-16-14-21(15-17-30)23(26)13-9-5-8-12-22-19-29(28-27-22)18-20-10-6-4-7-11-20/h4,6-7,10-11,19,21,23H,5,8-9,12-18,26H2,1-3H3. The van der Waals surface area contributed by atoms with Crippen molar-refractivity contribution in [2.45, 2.75) is 78.3 Å². The second-order valence-electron chi connectivity index (χ2n) is 10.1. The van der Waals surface area contributed by atoms with Crippen LogP contribution < -0.4 is 5.73 Å². The van der Waals surface area contributed by atoms with Crippen LogP contribution in [0, 0.1) is 11.3 Å². The van der Waals surface area contributed by atoms with Crippen molar-refractivity contribution < 1.29 is 9.63 Å². The van der Waals surface area contributed by atoms with E-state index in [0.717, 1.165) is 70.3 Å². The number of nitrogens with two attached hydrogens (primary N) is 1. The van der Waals surface area contributed by atoms with Crippen LogP contribution in [0.15, 0.2) is 36.5 Å². The lowest BCUT2D eigenvalue weighted by atomic mass is 9.87. The summed E-state index contributed by atoms with van der Waals surface area (Å²) in [6.07, 6.45) is 9.44. The third-order valence-corrected chi connectivity index (χ3v) is 6.17. The molecule has 1 aliphatic heterocycles. The van der Waals surface area contributed by atoms with Crippen LogP contribution in [-0.2, 0) is 22.6 Å². The van der Waals surface area contributed by atoms with E-state index in [4.69, 9.17) is 10.6 Å². The highest BCUT2D eigenvalue weighted by molar-refractivity contribution is 5.75. The number of unbranched alkanes of at least 4 members (excludes halogenated alkanes) is 2. The van der Waals surface area contributed by atoms with E-state index in [-0.39, 0.29) is 12.0 Å². The van der Waals surface area contributed by atoms with E-state index in [9.17, 15) is 4.79 Å². The van der Waals surface area contributed by atoms with Gasteiger partial charge in [-0.2, -0.15) is 0 Å². The summed E-state index contributed by atoms with van der Waals surface area (Å²) in [5.41, 5.74) is 8.30. The van der Waals surface area contributed by atoms with Gasteiger partial charge in [-0.15, -0.1) is 10.2 Å². The molecule has 1 aromatic carbocycles. The zero-order chi connectivity index (χ0) is 23.0. The minimum Gasteiger partial charge on any atom is -0.367 e. The number of piperidine rings is 1. The van der Waals surface area contributed by atoms with Gasteiger partial charge in [-0.05, 0) is 64.4 Å². The van der Waals surface area contributed by atoms with E-state index in [1.165, 1.54) is 5.56 Å². The molecule has 1 atom stereocenters. The summed E-state index contributed by atoms with van der Waals surface area (Å²) in [6, 6.07) is 10.5. The van der Waals surface area contributed by atoms with E-state index in [1.807, 2.05) is 48.7 Å². The summed E-state index contributed by atoms with van der Waals surface area (Å²) < 4.78 is 1.91. The zero-order valence-corrected chi connectivity index (χ0v) is 19.9. The van der Waals surface area contributed by atoms with Crippen LogP contribution in [0.4, 0.5) is 0 Å². The molecule has 1 fully saturated rings. The highest BCUT2D eigenvalue weighted by atomic mass is 16.7. The molecule has 1 saturated heterocycles. The predicted octanol–water partition coefficient (Wildman–Crippen LogP) is 3.97. The van der Waals surface area contributed by atoms with Gasteiger partial charge in [0, 0.05) is 25.3 Å². The Kier molecular flexibility index (Phi) is 8.82. The highest BCUT2D eigenvalue weighted by Gasteiger charge is 2.29. The monoisotopic (exact) mass is 441 g/mol. The average Bonchev–Trinajstić information content (AvgIpc) is 3.21. The number of hydroxylamine groups is 2. The quantitative estimate of drug-likeness (QED) is 0.562. The topological polar surface area (TPSA) is 86.3 Å². The van der Waals surface area contributed by atoms with E-state index >= 15 is 0 Å². The van der Waals surface area contributed by atoms with Crippen molar-refractivity contribution in [1.29, 1.82) is 0 Å². The number of aryl methyl sites for hydroxylation is 1. The van der Waals surface area contributed by atoms with Crippen molar-refractivity contribution >= 4 is 5.97 Å². The number of benzene rings is 1. The lowest BCUT2D eigenvalue weighted by molar-refractivity contribution is -0.206. The molecule has 2 aromatic rings. The molecule has 1 aliphatic rings.